The van der Waals surface area contributed by atoms with E-state index in [1.54, 1.807) is 24.3 Å². The van der Waals surface area contributed by atoms with Crippen LogP contribution >= 0.6 is 23.2 Å². The lowest BCUT2D eigenvalue weighted by atomic mass is 10.1. The van der Waals surface area contributed by atoms with Gasteiger partial charge in [-0.05, 0) is 25.1 Å². The molecule has 0 saturated carbocycles. The molecule has 1 aromatic heterocycles. The Morgan fingerprint density at radius 1 is 1.20 bits per heavy atom. The largest absolute Gasteiger partial charge is 0.322 e. The Kier molecular flexibility index (Phi) is 4.37. The first-order valence-electron chi connectivity index (χ1n) is 5.71. The van der Waals surface area contributed by atoms with Crippen LogP contribution in [-0.2, 0) is 0 Å². The summed E-state index contributed by atoms with van der Waals surface area (Å²) in [5.74, 6) is -0.494. The minimum absolute atomic E-state index is 0.0777. The molecule has 4 nitrogen and oxygen atoms in total. The third-order valence-electron chi connectivity index (χ3n) is 2.59. The molecule has 0 aliphatic carbocycles. The maximum Gasteiger partial charge on any atom is 0.257 e. The van der Waals surface area contributed by atoms with Gasteiger partial charge < -0.3 is 5.32 Å². The Morgan fingerprint density at radius 3 is 2.65 bits per heavy atom. The highest BCUT2D eigenvalue weighted by molar-refractivity contribution is 6.35. The van der Waals surface area contributed by atoms with Crippen LogP contribution in [0.15, 0.2) is 36.5 Å². The van der Waals surface area contributed by atoms with Crippen LogP contribution in [0.4, 0.5) is 5.69 Å². The molecule has 0 radical (unpaired) electrons. The number of hydrogen-bond acceptors (Lipinski definition) is 3. The normalized spacial score (nSPS) is 10.2. The Morgan fingerprint density at radius 2 is 1.95 bits per heavy atom. The van der Waals surface area contributed by atoms with Crippen molar-refractivity contribution in [3.05, 3.63) is 57.8 Å². The number of rotatable bonds is 3. The van der Waals surface area contributed by atoms with Crippen molar-refractivity contribution in [1.29, 1.82) is 0 Å². The van der Waals surface area contributed by atoms with Crippen LogP contribution in [0.2, 0.25) is 10.2 Å². The minimum atomic E-state index is -0.417. The number of pyridine rings is 1. The highest BCUT2D eigenvalue weighted by Gasteiger charge is 2.12. The molecule has 102 valence electrons. The molecule has 2 rings (SSSR count). The van der Waals surface area contributed by atoms with E-state index in [2.05, 4.69) is 10.3 Å². The monoisotopic (exact) mass is 308 g/mol. The standard InChI is InChI=1S/C14H10Cl2N2O2/c1-8(19)9-3-2-4-10(5-9)18-14(20)11-6-13(16)17-7-12(11)15/h2-7H,1H3,(H,18,20). The minimum Gasteiger partial charge on any atom is -0.322 e. The van der Waals surface area contributed by atoms with Gasteiger partial charge in [0.1, 0.15) is 5.15 Å². The molecule has 0 fully saturated rings. The third-order valence-corrected chi connectivity index (χ3v) is 3.10. The molecule has 0 unspecified atom stereocenters. The zero-order chi connectivity index (χ0) is 14.7. The maximum absolute atomic E-state index is 12.1. The van der Waals surface area contributed by atoms with Crippen LogP contribution in [-0.4, -0.2) is 16.7 Å². The Labute approximate surface area is 125 Å². The number of aromatic nitrogens is 1. The number of hydrogen-bond donors (Lipinski definition) is 1. The second-order valence-corrected chi connectivity index (χ2v) is 4.87. The number of Topliss-reactive ketones (excluding diaryl/α,β-unsaturated/α-hetero) is 1. The topological polar surface area (TPSA) is 59.1 Å². The third kappa shape index (κ3) is 3.35. The van der Waals surface area contributed by atoms with Gasteiger partial charge in [-0.2, -0.15) is 0 Å². The SMILES string of the molecule is CC(=O)c1cccc(NC(=O)c2cc(Cl)ncc2Cl)c1. The van der Waals surface area contributed by atoms with Crippen molar-refractivity contribution in [2.75, 3.05) is 5.32 Å². The average molecular weight is 309 g/mol. The second-order valence-electron chi connectivity index (χ2n) is 4.08. The zero-order valence-corrected chi connectivity index (χ0v) is 12.0. The van der Waals surface area contributed by atoms with Crippen LogP contribution in [0.1, 0.15) is 27.6 Å². The molecule has 0 bridgehead atoms. The molecule has 0 atom stereocenters. The lowest BCUT2D eigenvalue weighted by molar-refractivity contribution is 0.101. The van der Waals surface area contributed by atoms with Crippen molar-refractivity contribution in [2.45, 2.75) is 6.92 Å². The molecule has 1 aromatic carbocycles. The van der Waals surface area contributed by atoms with Crippen molar-refractivity contribution >= 4 is 40.6 Å². The highest BCUT2D eigenvalue weighted by Crippen LogP contribution is 2.20. The molecule has 0 spiro atoms. The summed E-state index contributed by atoms with van der Waals surface area (Å²) in [5, 5.41) is 3.04. The fourth-order valence-corrected chi connectivity index (χ4v) is 1.95. The van der Waals surface area contributed by atoms with E-state index in [4.69, 9.17) is 23.2 Å². The molecule has 2 aromatic rings. The van der Waals surface area contributed by atoms with Crippen molar-refractivity contribution < 1.29 is 9.59 Å². The Hall–Kier alpha value is -1.91. The summed E-state index contributed by atoms with van der Waals surface area (Å²) in [6.45, 7) is 1.46. The van der Waals surface area contributed by atoms with E-state index in [9.17, 15) is 9.59 Å². The van der Waals surface area contributed by atoms with E-state index < -0.39 is 5.91 Å². The number of nitrogens with zero attached hydrogens (tertiary/aromatic N) is 1. The number of carbonyl (C=O) groups is 2. The van der Waals surface area contributed by atoms with Crippen LogP contribution in [0.25, 0.3) is 0 Å². The number of nitrogens with one attached hydrogen (secondary N) is 1. The predicted molar refractivity (Wildman–Crippen MR) is 78.7 cm³/mol. The number of amides is 1. The van der Waals surface area contributed by atoms with E-state index >= 15 is 0 Å². The van der Waals surface area contributed by atoms with Gasteiger partial charge in [0.15, 0.2) is 5.78 Å². The van der Waals surface area contributed by atoms with Gasteiger partial charge in [-0.15, -0.1) is 0 Å². The summed E-state index contributed by atoms with van der Waals surface area (Å²) in [4.78, 5) is 27.2. The van der Waals surface area contributed by atoms with Crippen molar-refractivity contribution in [2.24, 2.45) is 0 Å². The number of anilines is 1. The first-order valence-corrected chi connectivity index (χ1v) is 6.46. The number of carbonyl (C=O) groups excluding carboxylic acids is 2. The lowest BCUT2D eigenvalue weighted by Gasteiger charge is -2.07. The molecular weight excluding hydrogens is 299 g/mol. The first-order chi connectivity index (χ1) is 9.47. The van der Waals surface area contributed by atoms with Gasteiger partial charge in [-0.25, -0.2) is 4.98 Å². The highest BCUT2D eigenvalue weighted by atomic mass is 35.5. The van der Waals surface area contributed by atoms with Crippen molar-refractivity contribution in [3.63, 3.8) is 0 Å². The molecule has 1 heterocycles. The number of benzene rings is 1. The molecule has 0 aliphatic heterocycles. The molecule has 1 N–H and O–H groups in total. The number of ketones is 1. The van der Waals surface area contributed by atoms with Gasteiger partial charge in [0, 0.05) is 17.4 Å². The fourth-order valence-electron chi connectivity index (χ4n) is 1.60. The van der Waals surface area contributed by atoms with E-state index in [1.165, 1.54) is 19.2 Å². The van der Waals surface area contributed by atoms with E-state index in [-0.39, 0.29) is 21.5 Å². The van der Waals surface area contributed by atoms with Crippen molar-refractivity contribution in [3.8, 4) is 0 Å². The van der Waals surface area contributed by atoms with Crippen LogP contribution in [0, 0.1) is 0 Å². The van der Waals surface area contributed by atoms with Crippen LogP contribution in [0.5, 0.6) is 0 Å². The van der Waals surface area contributed by atoms with Crippen molar-refractivity contribution in [1.82, 2.24) is 4.98 Å². The quantitative estimate of drug-likeness (QED) is 0.692. The van der Waals surface area contributed by atoms with Gasteiger partial charge in [0.05, 0.1) is 10.6 Å². The van der Waals surface area contributed by atoms with Crippen LogP contribution < -0.4 is 5.32 Å². The molecular formula is C14H10Cl2N2O2. The molecule has 20 heavy (non-hydrogen) atoms. The summed E-state index contributed by atoms with van der Waals surface area (Å²) >= 11 is 11.6. The smallest absolute Gasteiger partial charge is 0.257 e. The van der Waals surface area contributed by atoms with Gasteiger partial charge >= 0.3 is 0 Å². The summed E-state index contributed by atoms with van der Waals surface area (Å²) in [5.41, 5.74) is 1.24. The number of halogens is 2. The summed E-state index contributed by atoms with van der Waals surface area (Å²) in [7, 11) is 0. The fraction of sp³-hybridized carbons (Fsp3) is 0.0714. The second kappa shape index (κ2) is 6.03. The van der Waals surface area contributed by atoms with E-state index in [1.807, 2.05) is 0 Å². The summed E-state index contributed by atoms with van der Waals surface area (Å²) < 4.78 is 0. The summed E-state index contributed by atoms with van der Waals surface area (Å²) in [6.07, 6.45) is 1.31. The lowest BCUT2D eigenvalue weighted by Crippen LogP contribution is -2.13. The van der Waals surface area contributed by atoms with Gasteiger partial charge in [-0.1, -0.05) is 35.3 Å². The predicted octanol–water partition coefficient (Wildman–Crippen LogP) is 3.84. The first kappa shape index (κ1) is 14.5. The molecule has 6 heteroatoms. The molecule has 0 aliphatic rings. The Balaban J connectivity index is 2.25. The molecule has 1 amide bonds. The summed E-state index contributed by atoms with van der Waals surface area (Å²) in [6, 6.07) is 8.02. The van der Waals surface area contributed by atoms with Gasteiger partial charge in [0.25, 0.3) is 5.91 Å². The van der Waals surface area contributed by atoms with E-state index in [0.29, 0.717) is 11.3 Å². The van der Waals surface area contributed by atoms with Crippen LogP contribution in [0.3, 0.4) is 0 Å². The van der Waals surface area contributed by atoms with Gasteiger partial charge in [0.2, 0.25) is 0 Å². The maximum atomic E-state index is 12.1. The zero-order valence-electron chi connectivity index (χ0n) is 10.5. The Bertz CT molecular complexity index is 687. The van der Waals surface area contributed by atoms with Gasteiger partial charge in [-0.3, -0.25) is 9.59 Å². The van der Waals surface area contributed by atoms with E-state index in [0.717, 1.165) is 0 Å². The average Bonchev–Trinajstić information content (AvgIpc) is 2.41. The molecule has 0 saturated heterocycles.